The van der Waals surface area contributed by atoms with E-state index in [2.05, 4.69) is 4.98 Å². The van der Waals surface area contributed by atoms with Gasteiger partial charge in [-0.1, -0.05) is 6.07 Å². The van der Waals surface area contributed by atoms with Gasteiger partial charge in [0, 0.05) is 6.54 Å². The Labute approximate surface area is 100 Å². The maximum atomic E-state index is 12.5. The first-order valence-corrected chi connectivity index (χ1v) is 4.98. The minimum atomic E-state index is -4.42. The normalized spacial score (nSPS) is 11.6. The molecule has 0 unspecified atom stereocenters. The zero-order valence-electron chi connectivity index (χ0n) is 9.07. The fraction of sp³-hybridized carbons (Fsp3) is 0.182. The van der Waals surface area contributed by atoms with E-state index in [1.807, 2.05) is 0 Å². The molecule has 2 aromatic rings. The first-order valence-electron chi connectivity index (χ1n) is 4.98. The Morgan fingerprint density at radius 2 is 2.11 bits per heavy atom. The van der Waals surface area contributed by atoms with Crippen LogP contribution in [0.3, 0.4) is 0 Å². The van der Waals surface area contributed by atoms with Crippen molar-refractivity contribution in [2.45, 2.75) is 12.7 Å². The van der Waals surface area contributed by atoms with Gasteiger partial charge in [-0.15, -0.1) is 0 Å². The molecule has 2 rings (SSSR count). The average Bonchev–Trinajstić information content (AvgIpc) is 2.76. The van der Waals surface area contributed by atoms with Crippen molar-refractivity contribution in [3.63, 3.8) is 0 Å². The van der Waals surface area contributed by atoms with Gasteiger partial charge in [0.2, 0.25) is 0 Å². The average molecular weight is 258 g/mol. The molecule has 0 bridgehead atoms. The van der Waals surface area contributed by atoms with Gasteiger partial charge in [-0.2, -0.15) is 18.2 Å². The monoisotopic (exact) mass is 258 g/mol. The van der Waals surface area contributed by atoms with Crippen molar-refractivity contribution in [2.24, 2.45) is 5.73 Å². The van der Waals surface area contributed by atoms with E-state index in [1.165, 1.54) is 18.4 Å². The summed E-state index contributed by atoms with van der Waals surface area (Å²) in [6, 6.07) is 4.44. The number of nitrogens with zero attached hydrogens (tertiary/aromatic N) is 1. The van der Waals surface area contributed by atoms with Crippen LogP contribution in [-0.4, -0.2) is 4.98 Å². The Bertz CT molecular complexity index is 537. The van der Waals surface area contributed by atoms with Gasteiger partial charge >= 0.3 is 12.3 Å². The zero-order valence-corrected chi connectivity index (χ0v) is 9.07. The van der Waals surface area contributed by atoms with Gasteiger partial charge in [-0.05, 0) is 18.2 Å². The highest BCUT2D eigenvalue weighted by atomic mass is 19.4. The topological polar surface area (TPSA) is 61.3 Å². The second kappa shape index (κ2) is 4.69. The van der Waals surface area contributed by atoms with E-state index in [1.54, 1.807) is 0 Å². The third-order valence-electron chi connectivity index (χ3n) is 2.11. The number of nitrogens with two attached hydrogens (primary N) is 1. The van der Waals surface area contributed by atoms with Gasteiger partial charge in [0.1, 0.15) is 12.0 Å². The highest BCUT2D eigenvalue weighted by Gasteiger charge is 2.30. The SMILES string of the molecule is NCc1coc(Oc2cccc(C(F)(F)F)c2)n1. The molecule has 1 heterocycles. The molecular weight excluding hydrogens is 249 g/mol. The summed E-state index contributed by atoms with van der Waals surface area (Å²) in [6.07, 6.45) is -3.28. The number of hydrogen-bond acceptors (Lipinski definition) is 4. The van der Waals surface area contributed by atoms with Gasteiger partial charge in [0.05, 0.1) is 11.3 Å². The first kappa shape index (κ1) is 12.4. The number of aromatic nitrogens is 1. The van der Waals surface area contributed by atoms with Crippen LogP contribution >= 0.6 is 0 Å². The number of halogens is 3. The van der Waals surface area contributed by atoms with Crippen molar-refractivity contribution >= 4 is 0 Å². The Balaban J connectivity index is 2.19. The molecule has 0 saturated heterocycles. The van der Waals surface area contributed by atoms with Gasteiger partial charge in [-0.25, -0.2) is 0 Å². The lowest BCUT2D eigenvalue weighted by Crippen LogP contribution is -2.04. The van der Waals surface area contributed by atoms with Crippen molar-refractivity contribution < 1.29 is 22.3 Å². The van der Waals surface area contributed by atoms with Crippen LogP contribution in [0.15, 0.2) is 34.9 Å². The predicted molar refractivity (Wildman–Crippen MR) is 55.9 cm³/mol. The van der Waals surface area contributed by atoms with Crippen molar-refractivity contribution in [1.82, 2.24) is 4.98 Å². The first-order chi connectivity index (χ1) is 8.49. The molecule has 96 valence electrons. The van der Waals surface area contributed by atoms with E-state index < -0.39 is 11.7 Å². The second-order valence-electron chi connectivity index (χ2n) is 3.44. The lowest BCUT2D eigenvalue weighted by Gasteiger charge is -2.07. The molecule has 1 aromatic heterocycles. The Kier molecular flexibility index (Phi) is 3.24. The van der Waals surface area contributed by atoms with Crippen molar-refractivity contribution in [1.29, 1.82) is 0 Å². The van der Waals surface area contributed by atoms with E-state index in [0.717, 1.165) is 12.1 Å². The fourth-order valence-electron chi connectivity index (χ4n) is 1.27. The number of rotatable bonds is 3. The number of oxazole rings is 1. The van der Waals surface area contributed by atoms with Gasteiger partial charge in [0.15, 0.2) is 0 Å². The molecule has 1 aromatic carbocycles. The van der Waals surface area contributed by atoms with Crippen LogP contribution in [0.5, 0.6) is 11.8 Å². The highest BCUT2D eigenvalue weighted by Crippen LogP contribution is 2.32. The predicted octanol–water partition coefficient (Wildman–Crippen LogP) is 2.94. The van der Waals surface area contributed by atoms with Crippen molar-refractivity contribution in [2.75, 3.05) is 0 Å². The van der Waals surface area contributed by atoms with Gasteiger partial charge in [0.25, 0.3) is 0 Å². The van der Waals surface area contributed by atoms with E-state index in [4.69, 9.17) is 14.9 Å². The van der Waals surface area contributed by atoms with E-state index in [9.17, 15) is 13.2 Å². The number of hydrogen-bond donors (Lipinski definition) is 1. The molecule has 7 heteroatoms. The summed E-state index contributed by atoms with van der Waals surface area (Å²) in [5, 5.41) is 0. The molecule has 0 aliphatic rings. The number of ether oxygens (including phenoxy) is 1. The molecular formula is C11H9F3N2O2. The molecule has 0 aliphatic heterocycles. The molecule has 0 spiro atoms. The maximum absolute atomic E-state index is 12.5. The summed E-state index contributed by atoms with van der Waals surface area (Å²) in [5.41, 5.74) is 4.97. The van der Waals surface area contributed by atoms with Crippen LogP contribution in [-0.2, 0) is 12.7 Å². The number of alkyl halides is 3. The molecule has 18 heavy (non-hydrogen) atoms. The smallest absolute Gasteiger partial charge is 0.416 e. The third kappa shape index (κ3) is 2.80. The molecule has 0 fully saturated rings. The molecule has 0 atom stereocenters. The lowest BCUT2D eigenvalue weighted by atomic mass is 10.2. The van der Waals surface area contributed by atoms with Crippen LogP contribution in [0.1, 0.15) is 11.3 Å². The van der Waals surface area contributed by atoms with E-state index >= 15 is 0 Å². The lowest BCUT2D eigenvalue weighted by molar-refractivity contribution is -0.137. The van der Waals surface area contributed by atoms with Crippen LogP contribution in [0, 0.1) is 0 Å². The van der Waals surface area contributed by atoms with Gasteiger partial charge in [-0.3, -0.25) is 0 Å². The second-order valence-corrected chi connectivity index (χ2v) is 3.44. The molecule has 0 saturated carbocycles. The molecule has 0 aliphatic carbocycles. The van der Waals surface area contributed by atoms with Gasteiger partial charge < -0.3 is 14.9 Å². The van der Waals surface area contributed by atoms with Crippen molar-refractivity contribution in [3.05, 3.63) is 41.8 Å². The minimum Gasteiger partial charge on any atom is -0.417 e. The summed E-state index contributed by atoms with van der Waals surface area (Å²) in [4.78, 5) is 3.82. The zero-order chi connectivity index (χ0) is 13.2. The standard InChI is InChI=1S/C11H9F3N2O2/c12-11(13,14)7-2-1-3-9(4-7)18-10-16-8(5-15)6-17-10/h1-4,6H,5,15H2. The summed E-state index contributed by atoms with van der Waals surface area (Å²) >= 11 is 0. The Hall–Kier alpha value is -2.02. The summed E-state index contributed by atoms with van der Waals surface area (Å²) in [5.74, 6) is -0.00440. The summed E-state index contributed by atoms with van der Waals surface area (Å²) < 4.78 is 47.3. The maximum Gasteiger partial charge on any atom is 0.416 e. The minimum absolute atomic E-state index is 0.00440. The highest BCUT2D eigenvalue weighted by molar-refractivity contribution is 5.31. The Morgan fingerprint density at radius 3 is 2.72 bits per heavy atom. The summed E-state index contributed by atoms with van der Waals surface area (Å²) in [6.45, 7) is 0.162. The molecule has 0 amide bonds. The fourth-order valence-corrected chi connectivity index (χ4v) is 1.27. The van der Waals surface area contributed by atoms with E-state index in [-0.39, 0.29) is 18.4 Å². The van der Waals surface area contributed by atoms with Crippen LogP contribution in [0.25, 0.3) is 0 Å². The molecule has 2 N–H and O–H groups in total. The largest absolute Gasteiger partial charge is 0.417 e. The van der Waals surface area contributed by atoms with Crippen LogP contribution in [0.2, 0.25) is 0 Å². The quantitative estimate of drug-likeness (QED) is 0.919. The van der Waals surface area contributed by atoms with Crippen LogP contribution in [0.4, 0.5) is 13.2 Å². The van der Waals surface area contributed by atoms with Crippen molar-refractivity contribution in [3.8, 4) is 11.8 Å². The third-order valence-corrected chi connectivity index (χ3v) is 2.11. The molecule has 0 radical (unpaired) electrons. The number of benzene rings is 1. The Morgan fingerprint density at radius 1 is 1.33 bits per heavy atom. The van der Waals surface area contributed by atoms with Crippen LogP contribution < -0.4 is 10.5 Å². The molecule has 4 nitrogen and oxygen atoms in total. The summed E-state index contributed by atoms with van der Waals surface area (Å²) in [7, 11) is 0. The van der Waals surface area contributed by atoms with E-state index in [0.29, 0.717) is 5.69 Å².